The van der Waals surface area contributed by atoms with Gasteiger partial charge in [0.25, 0.3) is 0 Å². The fourth-order valence-electron chi connectivity index (χ4n) is 2.57. The number of rotatable bonds is 6. The van der Waals surface area contributed by atoms with E-state index in [0.29, 0.717) is 6.61 Å². The second kappa shape index (κ2) is 7.61. The number of benzene rings is 1. The molecule has 1 fully saturated rings. The standard InChI is InChI=1S/C17H25O5P/c1-12-13(2)16(20-10-14-8-6-5-7-9-14)17(18)22-15(12)11-21-23(3,4)19/h5-9,12-13,15-16H,10-11H2,1-4H3/t12-,13-,15?,16?/m0/s1. The molecule has 2 rings (SSSR count). The highest BCUT2D eigenvalue weighted by Gasteiger charge is 2.42. The summed E-state index contributed by atoms with van der Waals surface area (Å²) in [5.41, 5.74) is 1.02. The molecule has 0 aromatic heterocycles. The Morgan fingerprint density at radius 1 is 1.13 bits per heavy atom. The van der Waals surface area contributed by atoms with Crippen LogP contribution < -0.4 is 0 Å². The molecule has 1 aromatic rings. The number of carbonyl (C=O) groups is 1. The van der Waals surface area contributed by atoms with Crippen LogP contribution in [0.1, 0.15) is 19.4 Å². The zero-order chi connectivity index (χ0) is 17.0. The van der Waals surface area contributed by atoms with Crippen LogP contribution in [0.2, 0.25) is 0 Å². The second-order valence-corrected chi connectivity index (χ2v) is 9.22. The van der Waals surface area contributed by atoms with E-state index >= 15 is 0 Å². The number of hydrogen-bond donors (Lipinski definition) is 0. The molecular weight excluding hydrogens is 315 g/mol. The van der Waals surface area contributed by atoms with E-state index in [4.69, 9.17) is 14.0 Å². The number of esters is 1. The highest BCUT2D eigenvalue weighted by atomic mass is 31.2. The van der Waals surface area contributed by atoms with Crippen LogP contribution in [-0.4, -0.2) is 38.1 Å². The number of cyclic esters (lactones) is 1. The highest BCUT2D eigenvalue weighted by Crippen LogP contribution is 2.39. The van der Waals surface area contributed by atoms with Gasteiger partial charge in [-0.05, 0) is 11.5 Å². The predicted molar refractivity (Wildman–Crippen MR) is 88.6 cm³/mol. The van der Waals surface area contributed by atoms with Crippen molar-refractivity contribution in [2.24, 2.45) is 11.8 Å². The molecule has 4 atom stereocenters. The van der Waals surface area contributed by atoms with Crippen LogP contribution >= 0.6 is 7.37 Å². The third-order valence-corrected chi connectivity index (χ3v) is 4.99. The fourth-order valence-corrected chi connectivity index (χ4v) is 3.08. The molecule has 6 heteroatoms. The minimum Gasteiger partial charge on any atom is -0.458 e. The summed E-state index contributed by atoms with van der Waals surface area (Å²) in [7, 11) is -2.59. The van der Waals surface area contributed by atoms with Gasteiger partial charge in [0.15, 0.2) is 13.5 Å². The molecule has 0 N–H and O–H groups in total. The van der Waals surface area contributed by atoms with Crippen LogP contribution in [0, 0.1) is 11.8 Å². The molecule has 1 aliphatic rings. The monoisotopic (exact) mass is 340 g/mol. The Bertz CT molecular complexity index is 568. The van der Waals surface area contributed by atoms with Crippen molar-refractivity contribution in [3.8, 4) is 0 Å². The van der Waals surface area contributed by atoms with Gasteiger partial charge in [-0.1, -0.05) is 44.2 Å². The topological polar surface area (TPSA) is 61.8 Å². The average Bonchev–Trinajstić information content (AvgIpc) is 2.49. The van der Waals surface area contributed by atoms with Crippen molar-refractivity contribution in [3.63, 3.8) is 0 Å². The maximum atomic E-state index is 12.2. The molecule has 1 aliphatic heterocycles. The maximum Gasteiger partial charge on any atom is 0.335 e. The van der Waals surface area contributed by atoms with Crippen molar-refractivity contribution in [3.05, 3.63) is 35.9 Å². The summed E-state index contributed by atoms with van der Waals surface area (Å²) in [6, 6.07) is 9.72. The van der Waals surface area contributed by atoms with Crippen LogP contribution in [0.3, 0.4) is 0 Å². The second-order valence-electron chi connectivity index (χ2n) is 6.46. The van der Waals surface area contributed by atoms with E-state index in [1.165, 1.54) is 0 Å². The SMILES string of the molecule is C[C@@H]1C(COP(C)(C)=O)OC(=O)C(OCc2ccccc2)[C@H]1C. The summed E-state index contributed by atoms with van der Waals surface area (Å²) < 4.78 is 28.2. The lowest BCUT2D eigenvalue weighted by Gasteiger charge is -2.38. The number of hydrogen-bond acceptors (Lipinski definition) is 5. The molecule has 1 saturated heterocycles. The van der Waals surface area contributed by atoms with Crippen molar-refractivity contribution in [2.75, 3.05) is 19.9 Å². The number of ether oxygens (including phenoxy) is 2. The molecule has 128 valence electrons. The lowest BCUT2D eigenvalue weighted by molar-refractivity contribution is -0.189. The molecule has 0 saturated carbocycles. The first-order valence-corrected chi connectivity index (χ1v) is 10.4. The first-order valence-electron chi connectivity index (χ1n) is 7.83. The smallest absolute Gasteiger partial charge is 0.335 e. The van der Waals surface area contributed by atoms with Crippen LogP contribution in [0.5, 0.6) is 0 Å². The van der Waals surface area contributed by atoms with Crippen LogP contribution in [0.25, 0.3) is 0 Å². The quantitative estimate of drug-likeness (QED) is 0.587. The Morgan fingerprint density at radius 3 is 2.39 bits per heavy atom. The van der Waals surface area contributed by atoms with Crippen molar-refractivity contribution in [2.45, 2.75) is 32.7 Å². The van der Waals surface area contributed by atoms with Gasteiger partial charge in [0.05, 0.1) is 13.2 Å². The average molecular weight is 340 g/mol. The van der Waals surface area contributed by atoms with Gasteiger partial charge in [-0.25, -0.2) is 4.79 Å². The van der Waals surface area contributed by atoms with Gasteiger partial charge in [-0.15, -0.1) is 0 Å². The van der Waals surface area contributed by atoms with Crippen molar-refractivity contribution in [1.82, 2.24) is 0 Å². The molecule has 23 heavy (non-hydrogen) atoms. The Morgan fingerprint density at radius 2 is 1.78 bits per heavy atom. The molecule has 2 unspecified atom stereocenters. The fraction of sp³-hybridized carbons (Fsp3) is 0.588. The zero-order valence-corrected chi connectivity index (χ0v) is 15.0. The first kappa shape index (κ1) is 18.2. The molecule has 0 aliphatic carbocycles. The van der Waals surface area contributed by atoms with E-state index in [1.54, 1.807) is 13.3 Å². The normalized spacial score (nSPS) is 28.4. The summed E-state index contributed by atoms with van der Waals surface area (Å²) in [6.45, 7) is 7.62. The van der Waals surface area contributed by atoms with Crippen LogP contribution in [0.4, 0.5) is 0 Å². The van der Waals surface area contributed by atoms with E-state index < -0.39 is 13.5 Å². The summed E-state index contributed by atoms with van der Waals surface area (Å²) in [5, 5.41) is 0. The van der Waals surface area contributed by atoms with Crippen molar-refractivity contribution in [1.29, 1.82) is 0 Å². The van der Waals surface area contributed by atoms with Gasteiger partial charge in [-0.3, -0.25) is 4.57 Å². The Labute approximate surface area is 137 Å². The summed E-state index contributed by atoms with van der Waals surface area (Å²) >= 11 is 0. The van der Waals surface area contributed by atoms with E-state index in [2.05, 4.69) is 0 Å². The highest BCUT2D eigenvalue weighted by molar-refractivity contribution is 7.57. The summed E-state index contributed by atoms with van der Waals surface area (Å²) in [6.07, 6.45) is -0.973. The van der Waals surface area contributed by atoms with Crippen LogP contribution in [-0.2, 0) is 30.0 Å². The van der Waals surface area contributed by atoms with E-state index in [9.17, 15) is 9.36 Å². The van der Waals surface area contributed by atoms with E-state index in [0.717, 1.165) is 5.56 Å². The Hall–Kier alpha value is -1.16. The molecule has 0 radical (unpaired) electrons. The van der Waals surface area contributed by atoms with Gasteiger partial charge < -0.3 is 14.0 Å². The maximum absolute atomic E-state index is 12.2. The summed E-state index contributed by atoms with van der Waals surface area (Å²) in [5.74, 6) is -0.302. The molecule has 0 bridgehead atoms. The van der Waals surface area contributed by atoms with Gasteiger partial charge in [0, 0.05) is 19.2 Å². The third-order valence-electron chi connectivity index (χ3n) is 4.22. The first-order chi connectivity index (χ1) is 10.8. The van der Waals surface area contributed by atoms with Crippen LogP contribution in [0.15, 0.2) is 30.3 Å². The van der Waals surface area contributed by atoms with Gasteiger partial charge in [-0.2, -0.15) is 0 Å². The van der Waals surface area contributed by atoms with E-state index in [1.807, 2.05) is 44.2 Å². The molecule has 1 heterocycles. The Kier molecular flexibility index (Phi) is 6.01. The molecule has 0 amide bonds. The summed E-state index contributed by atoms with van der Waals surface area (Å²) in [4.78, 5) is 12.2. The number of carbonyl (C=O) groups excluding carboxylic acids is 1. The Balaban J connectivity index is 1.94. The van der Waals surface area contributed by atoms with Gasteiger partial charge in [0.1, 0.15) is 6.10 Å². The lowest BCUT2D eigenvalue weighted by Crippen LogP contribution is -2.49. The van der Waals surface area contributed by atoms with Gasteiger partial charge >= 0.3 is 5.97 Å². The minimum absolute atomic E-state index is 0.00154. The largest absolute Gasteiger partial charge is 0.458 e. The molecule has 1 aromatic carbocycles. The van der Waals surface area contributed by atoms with Gasteiger partial charge in [0.2, 0.25) is 0 Å². The third kappa shape index (κ3) is 5.17. The molecular formula is C17H25O5P. The minimum atomic E-state index is -2.59. The molecule has 5 nitrogen and oxygen atoms in total. The van der Waals surface area contributed by atoms with E-state index in [-0.39, 0.29) is 30.5 Å². The zero-order valence-electron chi connectivity index (χ0n) is 14.1. The predicted octanol–water partition coefficient (Wildman–Crippen LogP) is 3.32. The van der Waals surface area contributed by atoms with Crippen molar-refractivity contribution < 1.29 is 23.4 Å². The lowest BCUT2D eigenvalue weighted by atomic mass is 9.84. The molecule has 0 spiro atoms. The van der Waals surface area contributed by atoms with Crippen molar-refractivity contribution >= 4 is 13.3 Å².